The maximum absolute atomic E-state index is 12.8. The molecule has 1 heterocycles. The zero-order valence-corrected chi connectivity index (χ0v) is 16.4. The van der Waals surface area contributed by atoms with E-state index >= 15 is 0 Å². The van der Waals surface area contributed by atoms with Crippen LogP contribution < -0.4 is 14.4 Å². The monoisotopic (exact) mass is 443 g/mol. The summed E-state index contributed by atoms with van der Waals surface area (Å²) in [5.41, 5.74) is 1.68. The van der Waals surface area contributed by atoms with Crippen molar-refractivity contribution in [2.45, 2.75) is 20.1 Å². The number of aryl methyl sites for hydroxylation is 1. The molecule has 0 aliphatic carbocycles. The fourth-order valence-electron chi connectivity index (χ4n) is 2.53. The van der Waals surface area contributed by atoms with E-state index < -0.39 is 24.9 Å². The molecule has 10 heteroatoms. The topological polar surface area (TPSA) is 38.8 Å². The van der Waals surface area contributed by atoms with Gasteiger partial charge in [-0.3, -0.25) is 9.69 Å². The Morgan fingerprint density at radius 1 is 1.03 bits per heavy atom. The SMILES string of the molecule is Cc1ccc(N2C(=O)/C(=C/c3ccc(OC(F)F)cc3OC(F)F)SC2=S)cc1. The van der Waals surface area contributed by atoms with Crippen LogP contribution in [0.5, 0.6) is 11.5 Å². The van der Waals surface area contributed by atoms with Gasteiger partial charge in [0.1, 0.15) is 11.5 Å². The van der Waals surface area contributed by atoms with Crippen molar-refractivity contribution in [1.29, 1.82) is 0 Å². The van der Waals surface area contributed by atoms with E-state index in [0.29, 0.717) is 5.69 Å². The number of anilines is 1. The Morgan fingerprint density at radius 2 is 1.69 bits per heavy atom. The minimum atomic E-state index is -3.19. The molecule has 1 aliphatic rings. The molecule has 29 heavy (non-hydrogen) atoms. The van der Waals surface area contributed by atoms with E-state index in [9.17, 15) is 22.4 Å². The van der Waals surface area contributed by atoms with Crippen LogP contribution in [0, 0.1) is 6.92 Å². The number of rotatable bonds is 6. The molecule has 0 atom stereocenters. The minimum Gasteiger partial charge on any atom is -0.435 e. The normalized spacial score (nSPS) is 15.7. The fraction of sp³-hybridized carbons (Fsp3) is 0.158. The van der Waals surface area contributed by atoms with Crippen molar-refractivity contribution in [2.75, 3.05) is 4.90 Å². The highest BCUT2D eigenvalue weighted by Gasteiger charge is 2.33. The van der Waals surface area contributed by atoms with Gasteiger partial charge >= 0.3 is 13.2 Å². The largest absolute Gasteiger partial charge is 0.435 e. The molecule has 0 saturated carbocycles. The summed E-state index contributed by atoms with van der Waals surface area (Å²) in [6.45, 7) is -4.41. The fourth-order valence-corrected chi connectivity index (χ4v) is 3.82. The third kappa shape index (κ3) is 5.07. The number of carbonyl (C=O) groups excluding carboxylic acids is 1. The average molecular weight is 443 g/mol. The van der Waals surface area contributed by atoms with E-state index in [2.05, 4.69) is 9.47 Å². The van der Waals surface area contributed by atoms with Crippen LogP contribution in [-0.2, 0) is 4.79 Å². The number of hydrogen-bond acceptors (Lipinski definition) is 5. The second-order valence-electron chi connectivity index (χ2n) is 5.81. The Balaban J connectivity index is 1.93. The van der Waals surface area contributed by atoms with Gasteiger partial charge in [-0.1, -0.05) is 41.7 Å². The molecule has 0 spiro atoms. The Kier molecular flexibility index (Phi) is 6.43. The van der Waals surface area contributed by atoms with E-state index in [1.165, 1.54) is 17.0 Å². The Labute approximate surface area is 173 Å². The molecule has 0 N–H and O–H groups in total. The molecule has 1 fully saturated rings. The molecule has 0 bridgehead atoms. The Morgan fingerprint density at radius 3 is 2.31 bits per heavy atom. The molecule has 152 valence electrons. The number of hydrogen-bond donors (Lipinski definition) is 0. The van der Waals surface area contributed by atoms with Crippen LogP contribution in [-0.4, -0.2) is 23.5 Å². The van der Waals surface area contributed by atoms with Gasteiger partial charge in [-0.2, -0.15) is 17.6 Å². The van der Waals surface area contributed by atoms with Crippen LogP contribution >= 0.6 is 24.0 Å². The number of benzene rings is 2. The number of halogens is 4. The van der Waals surface area contributed by atoms with Crippen LogP contribution in [0.2, 0.25) is 0 Å². The highest BCUT2D eigenvalue weighted by atomic mass is 32.2. The number of ether oxygens (including phenoxy) is 2. The highest BCUT2D eigenvalue weighted by molar-refractivity contribution is 8.27. The minimum absolute atomic E-state index is 0.0938. The highest BCUT2D eigenvalue weighted by Crippen LogP contribution is 2.38. The molecule has 3 rings (SSSR count). The number of alkyl halides is 4. The van der Waals surface area contributed by atoms with Crippen molar-refractivity contribution < 1.29 is 31.8 Å². The molecular formula is C19H13F4NO3S2. The summed E-state index contributed by atoms with van der Waals surface area (Å²) < 4.78 is 59.1. The Hall–Kier alpha value is -2.59. The molecule has 1 aliphatic heterocycles. The van der Waals surface area contributed by atoms with E-state index in [1.807, 2.05) is 19.1 Å². The summed E-state index contributed by atoms with van der Waals surface area (Å²) in [7, 11) is 0. The zero-order chi connectivity index (χ0) is 21.1. The van der Waals surface area contributed by atoms with Crippen LogP contribution in [0.25, 0.3) is 6.08 Å². The lowest BCUT2D eigenvalue weighted by Crippen LogP contribution is -2.27. The number of thioether (sulfide) groups is 1. The van der Waals surface area contributed by atoms with Crippen LogP contribution in [0.4, 0.5) is 23.2 Å². The molecule has 4 nitrogen and oxygen atoms in total. The molecule has 0 unspecified atom stereocenters. The van der Waals surface area contributed by atoms with Gasteiger partial charge in [0.15, 0.2) is 4.32 Å². The first kappa shape index (κ1) is 21.1. The van der Waals surface area contributed by atoms with E-state index in [0.717, 1.165) is 29.5 Å². The summed E-state index contributed by atoms with van der Waals surface area (Å²) in [6, 6.07) is 10.5. The van der Waals surface area contributed by atoms with Gasteiger partial charge < -0.3 is 9.47 Å². The lowest BCUT2D eigenvalue weighted by atomic mass is 10.1. The number of carbonyl (C=O) groups is 1. The summed E-state index contributed by atoms with van der Waals surface area (Å²) >= 11 is 6.26. The molecule has 0 radical (unpaired) electrons. The predicted octanol–water partition coefficient (Wildman–Crippen LogP) is 5.60. The summed E-state index contributed by atoms with van der Waals surface area (Å²) in [6.07, 6.45) is 1.32. The number of amides is 1. The van der Waals surface area contributed by atoms with Gasteiger partial charge in [0, 0.05) is 11.6 Å². The molecule has 1 amide bonds. The molecule has 0 aromatic heterocycles. The second-order valence-corrected chi connectivity index (χ2v) is 7.49. The third-order valence-corrected chi connectivity index (χ3v) is 5.10. The van der Waals surface area contributed by atoms with Gasteiger partial charge in [0.25, 0.3) is 5.91 Å². The first-order valence-electron chi connectivity index (χ1n) is 8.13. The first-order valence-corrected chi connectivity index (χ1v) is 9.35. The smallest absolute Gasteiger partial charge is 0.387 e. The van der Waals surface area contributed by atoms with E-state index in [-0.39, 0.29) is 20.5 Å². The maximum Gasteiger partial charge on any atom is 0.387 e. The first-order chi connectivity index (χ1) is 13.7. The van der Waals surface area contributed by atoms with E-state index in [4.69, 9.17) is 12.2 Å². The molecular weight excluding hydrogens is 430 g/mol. The van der Waals surface area contributed by atoms with Gasteiger partial charge in [-0.05, 0) is 37.3 Å². The molecule has 1 saturated heterocycles. The van der Waals surface area contributed by atoms with Crippen molar-refractivity contribution in [3.8, 4) is 11.5 Å². The van der Waals surface area contributed by atoms with Crippen LogP contribution in [0.1, 0.15) is 11.1 Å². The summed E-state index contributed by atoms with van der Waals surface area (Å²) in [5.74, 6) is -1.18. The van der Waals surface area contributed by atoms with E-state index in [1.54, 1.807) is 12.1 Å². The van der Waals surface area contributed by atoms with Gasteiger partial charge in [-0.15, -0.1) is 0 Å². The van der Waals surface area contributed by atoms with Gasteiger partial charge in [-0.25, -0.2) is 0 Å². The number of nitrogens with zero attached hydrogens (tertiary/aromatic N) is 1. The third-order valence-electron chi connectivity index (χ3n) is 3.80. The van der Waals surface area contributed by atoms with Crippen molar-refractivity contribution in [2.24, 2.45) is 0 Å². The van der Waals surface area contributed by atoms with Gasteiger partial charge in [0.2, 0.25) is 0 Å². The standard InChI is InChI=1S/C19H13F4NO3S2/c1-10-2-5-12(6-3-10)24-16(25)15(29-19(24)28)8-11-4-7-13(26-17(20)21)9-14(11)27-18(22)23/h2-9,17-18H,1H3/b15-8-. The van der Waals surface area contributed by atoms with Crippen molar-refractivity contribution >= 4 is 46.0 Å². The van der Waals surface area contributed by atoms with Crippen LogP contribution in [0.15, 0.2) is 47.4 Å². The zero-order valence-electron chi connectivity index (χ0n) is 14.8. The molecule has 2 aromatic rings. The van der Waals surface area contributed by atoms with Crippen molar-refractivity contribution in [3.63, 3.8) is 0 Å². The van der Waals surface area contributed by atoms with Gasteiger partial charge in [0.05, 0.1) is 10.6 Å². The quantitative estimate of drug-likeness (QED) is 0.330. The Bertz CT molecular complexity index is 964. The predicted molar refractivity (Wildman–Crippen MR) is 107 cm³/mol. The molecule has 2 aromatic carbocycles. The van der Waals surface area contributed by atoms with Crippen LogP contribution in [0.3, 0.4) is 0 Å². The number of thiocarbonyl (C=S) groups is 1. The lowest BCUT2D eigenvalue weighted by molar-refractivity contribution is -0.113. The summed E-state index contributed by atoms with van der Waals surface area (Å²) in [4.78, 5) is 14.3. The lowest BCUT2D eigenvalue weighted by Gasteiger charge is -2.14. The van der Waals surface area contributed by atoms with Crippen molar-refractivity contribution in [1.82, 2.24) is 0 Å². The second kappa shape index (κ2) is 8.83. The summed E-state index contributed by atoms with van der Waals surface area (Å²) in [5, 5.41) is 0. The maximum atomic E-state index is 12.8. The average Bonchev–Trinajstić information content (AvgIpc) is 2.91. The van der Waals surface area contributed by atoms with Crippen molar-refractivity contribution in [3.05, 3.63) is 58.5 Å².